The summed E-state index contributed by atoms with van der Waals surface area (Å²) < 4.78 is 0. The van der Waals surface area contributed by atoms with Gasteiger partial charge in [0.25, 0.3) is 0 Å². The van der Waals surface area contributed by atoms with Crippen LogP contribution in [0.2, 0.25) is 0 Å². The van der Waals surface area contributed by atoms with Crippen LogP contribution in [0.25, 0.3) is 0 Å². The zero-order valence-corrected chi connectivity index (χ0v) is 10.9. The second kappa shape index (κ2) is 7.01. The number of phenols is 4. The van der Waals surface area contributed by atoms with Crippen molar-refractivity contribution in [3.63, 3.8) is 0 Å². The van der Waals surface area contributed by atoms with Crippen molar-refractivity contribution >= 4 is 5.97 Å². The lowest BCUT2D eigenvalue weighted by atomic mass is 10.2. The van der Waals surface area contributed by atoms with E-state index in [9.17, 15) is 4.79 Å². The Morgan fingerprint density at radius 2 is 1.57 bits per heavy atom. The van der Waals surface area contributed by atoms with E-state index in [2.05, 4.69) is 0 Å². The minimum absolute atomic E-state index is 0.114. The smallest absolute Gasteiger partial charge is 0.339 e. The number of carboxylic acids is 1. The molecule has 0 amide bonds. The summed E-state index contributed by atoms with van der Waals surface area (Å²) in [6.45, 7) is 0.369. The fourth-order valence-electron chi connectivity index (χ4n) is 1.40. The van der Waals surface area contributed by atoms with Crippen LogP contribution in [-0.4, -0.2) is 31.5 Å². The number of rotatable bonds is 2. The Kier molecular flexibility index (Phi) is 5.39. The molecule has 0 aliphatic heterocycles. The van der Waals surface area contributed by atoms with Crippen molar-refractivity contribution < 1.29 is 30.3 Å². The van der Waals surface area contributed by atoms with Gasteiger partial charge in [-0.05, 0) is 29.8 Å². The third-order valence-corrected chi connectivity index (χ3v) is 2.49. The van der Waals surface area contributed by atoms with Gasteiger partial charge < -0.3 is 31.3 Å². The summed E-state index contributed by atoms with van der Waals surface area (Å²) in [7, 11) is 0. The summed E-state index contributed by atoms with van der Waals surface area (Å²) >= 11 is 0. The molecule has 0 fully saturated rings. The number of phenolic OH excluding ortho intramolecular Hbond substituents is 3. The first-order valence-corrected chi connectivity index (χ1v) is 5.81. The third kappa shape index (κ3) is 4.59. The highest BCUT2D eigenvalue weighted by atomic mass is 16.4. The molecule has 0 saturated carbocycles. The number of aromatic hydroxyl groups is 4. The minimum atomic E-state index is -1.22. The summed E-state index contributed by atoms with van der Waals surface area (Å²) in [6.07, 6.45) is 0. The van der Waals surface area contributed by atoms with Gasteiger partial charge in [0.15, 0.2) is 11.5 Å². The van der Waals surface area contributed by atoms with Crippen molar-refractivity contribution in [3.05, 3.63) is 47.5 Å². The summed E-state index contributed by atoms with van der Waals surface area (Å²) in [5, 5.41) is 43.9. The van der Waals surface area contributed by atoms with Gasteiger partial charge in [-0.15, -0.1) is 0 Å². The van der Waals surface area contributed by atoms with Crippen LogP contribution in [0, 0.1) is 0 Å². The molecule has 7 N–H and O–H groups in total. The number of benzene rings is 2. The van der Waals surface area contributed by atoms with Crippen molar-refractivity contribution in [3.8, 4) is 23.0 Å². The van der Waals surface area contributed by atoms with Crippen molar-refractivity contribution in [1.82, 2.24) is 0 Å². The molecule has 0 bridgehead atoms. The molecular formula is C14H15NO6. The highest BCUT2D eigenvalue weighted by Gasteiger charge is 2.08. The van der Waals surface area contributed by atoms with Crippen molar-refractivity contribution in [2.24, 2.45) is 5.73 Å². The maximum absolute atomic E-state index is 10.3. The first-order valence-electron chi connectivity index (χ1n) is 5.81. The fraction of sp³-hybridized carbons (Fsp3) is 0.0714. The first-order chi connectivity index (χ1) is 9.85. The Hall–Kier alpha value is -2.93. The van der Waals surface area contributed by atoms with Crippen LogP contribution >= 0.6 is 0 Å². The highest BCUT2D eigenvalue weighted by Crippen LogP contribution is 2.24. The van der Waals surface area contributed by atoms with Gasteiger partial charge in [-0.1, -0.05) is 6.07 Å². The van der Waals surface area contributed by atoms with E-state index < -0.39 is 11.7 Å². The summed E-state index contributed by atoms with van der Waals surface area (Å²) in [6, 6.07) is 7.82. The molecule has 2 aromatic carbocycles. The molecule has 7 nitrogen and oxygen atoms in total. The molecule has 7 heteroatoms. The Balaban J connectivity index is 0.000000211. The number of aromatic carboxylic acids is 1. The topological polar surface area (TPSA) is 144 Å². The first kappa shape index (κ1) is 16.1. The molecular weight excluding hydrogens is 278 g/mol. The number of hydrogen-bond donors (Lipinski definition) is 6. The predicted octanol–water partition coefficient (Wildman–Crippen LogP) is 1.35. The molecule has 0 unspecified atom stereocenters. The number of nitrogens with two attached hydrogens (primary N) is 1. The van der Waals surface area contributed by atoms with Gasteiger partial charge in [-0.25, -0.2) is 4.79 Å². The van der Waals surface area contributed by atoms with E-state index >= 15 is 0 Å². The maximum atomic E-state index is 10.3. The second-order valence-electron chi connectivity index (χ2n) is 4.03. The van der Waals surface area contributed by atoms with Gasteiger partial charge in [0.1, 0.15) is 17.1 Å². The molecule has 0 aromatic heterocycles. The molecule has 0 aliphatic carbocycles. The minimum Gasteiger partial charge on any atom is -0.508 e. The van der Waals surface area contributed by atoms with Crippen LogP contribution in [0.3, 0.4) is 0 Å². The molecule has 0 saturated heterocycles. The molecule has 2 rings (SSSR count). The zero-order valence-electron chi connectivity index (χ0n) is 10.9. The average molecular weight is 293 g/mol. The van der Waals surface area contributed by atoms with Gasteiger partial charge in [-0.2, -0.15) is 0 Å². The van der Waals surface area contributed by atoms with Gasteiger partial charge in [0.05, 0.1) is 0 Å². The standard InChI is InChI=1S/C7H9NO2.C7H6O4/c8-4-5-1-2-6(9)7(10)3-5;8-4-1-2-5(7(10)11)6(9)3-4/h1-3,9-10H,4,8H2;1-3,8-9H,(H,10,11). The molecule has 0 atom stereocenters. The summed E-state index contributed by atoms with van der Waals surface area (Å²) in [5.74, 6) is -2.05. The highest BCUT2D eigenvalue weighted by molar-refractivity contribution is 5.90. The van der Waals surface area contributed by atoms with Crippen LogP contribution < -0.4 is 5.73 Å². The average Bonchev–Trinajstić information content (AvgIpc) is 2.42. The number of hydrogen-bond acceptors (Lipinski definition) is 6. The second-order valence-corrected chi connectivity index (χ2v) is 4.03. The van der Waals surface area contributed by atoms with Crippen LogP contribution in [0.5, 0.6) is 23.0 Å². The maximum Gasteiger partial charge on any atom is 0.339 e. The lowest BCUT2D eigenvalue weighted by molar-refractivity contribution is 0.0693. The quantitative estimate of drug-likeness (QED) is 0.458. The van der Waals surface area contributed by atoms with Crippen LogP contribution in [0.4, 0.5) is 0 Å². The van der Waals surface area contributed by atoms with Crippen molar-refractivity contribution in [1.29, 1.82) is 0 Å². The Bertz CT molecular complexity index is 641. The predicted molar refractivity (Wildman–Crippen MR) is 74.4 cm³/mol. The fourth-order valence-corrected chi connectivity index (χ4v) is 1.40. The molecule has 0 heterocycles. The van der Waals surface area contributed by atoms with Gasteiger partial charge >= 0.3 is 5.97 Å². The lowest BCUT2D eigenvalue weighted by Crippen LogP contribution is -1.95. The molecule has 112 valence electrons. The third-order valence-electron chi connectivity index (χ3n) is 2.49. The Morgan fingerprint density at radius 3 is 2.05 bits per heavy atom. The monoisotopic (exact) mass is 293 g/mol. The SMILES string of the molecule is NCc1ccc(O)c(O)c1.O=C(O)c1ccc(O)cc1O. The molecule has 0 aliphatic rings. The van der Waals surface area contributed by atoms with Crippen LogP contribution in [0.15, 0.2) is 36.4 Å². The molecule has 2 aromatic rings. The van der Waals surface area contributed by atoms with E-state index in [1.165, 1.54) is 18.2 Å². The van der Waals surface area contributed by atoms with Gasteiger partial charge in [0, 0.05) is 12.6 Å². The lowest BCUT2D eigenvalue weighted by Gasteiger charge is -1.98. The van der Waals surface area contributed by atoms with E-state index in [4.69, 9.17) is 31.3 Å². The number of carbonyl (C=O) groups is 1. The summed E-state index contributed by atoms with van der Waals surface area (Å²) in [4.78, 5) is 10.3. The van der Waals surface area contributed by atoms with Gasteiger partial charge in [0.2, 0.25) is 0 Å². The van der Waals surface area contributed by atoms with E-state index in [1.807, 2.05) is 0 Å². The Labute approximate surface area is 120 Å². The van der Waals surface area contributed by atoms with Crippen molar-refractivity contribution in [2.45, 2.75) is 6.54 Å². The normalized spacial score (nSPS) is 9.57. The van der Waals surface area contributed by atoms with E-state index in [1.54, 1.807) is 6.07 Å². The largest absolute Gasteiger partial charge is 0.508 e. The number of carboxylic acid groups (broad SMARTS) is 1. The zero-order chi connectivity index (χ0) is 16.0. The summed E-state index contributed by atoms with van der Waals surface area (Å²) in [5.41, 5.74) is 5.86. The van der Waals surface area contributed by atoms with Crippen LogP contribution in [0.1, 0.15) is 15.9 Å². The van der Waals surface area contributed by atoms with E-state index in [0.717, 1.165) is 17.7 Å². The molecule has 21 heavy (non-hydrogen) atoms. The van der Waals surface area contributed by atoms with Crippen LogP contribution in [-0.2, 0) is 6.54 Å². The Morgan fingerprint density at radius 1 is 0.905 bits per heavy atom. The van der Waals surface area contributed by atoms with E-state index in [-0.39, 0.29) is 22.8 Å². The van der Waals surface area contributed by atoms with Gasteiger partial charge in [-0.3, -0.25) is 0 Å². The molecule has 0 spiro atoms. The van der Waals surface area contributed by atoms with E-state index in [0.29, 0.717) is 6.54 Å². The molecule has 0 radical (unpaired) electrons. The van der Waals surface area contributed by atoms with Crippen molar-refractivity contribution in [2.75, 3.05) is 0 Å².